The predicted octanol–water partition coefficient (Wildman–Crippen LogP) is 6.79. The van der Waals surface area contributed by atoms with Gasteiger partial charge in [-0.05, 0) is 46.0 Å². The normalized spacial score (nSPS) is 12.4. The molecule has 0 aromatic rings. The highest BCUT2D eigenvalue weighted by Crippen LogP contribution is 2.15. The van der Waals surface area contributed by atoms with Crippen molar-refractivity contribution in [2.45, 2.75) is 116 Å². The van der Waals surface area contributed by atoms with Crippen molar-refractivity contribution in [1.29, 1.82) is 0 Å². The third-order valence-electron chi connectivity index (χ3n) is 4.05. The van der Waals surface area contributed by atoms with E-state index in [1.165, 1.54) is 77.0 Å². The Morgan fingerprint density at radius 3 is 1.57 bits per heavy atom. The second-order valence-electron chi connectivity index (χ2n) is 7.15. The first kappa shape index (κ1) is 20.7. The van der Waals surface area contributed by atoms with E-state index in [-0.39, 0.29) is 0 Å². The van der Waals surface area contributed by atoms with Crippen LogP contribution in [0.1, 0.15) is 111 Å². The van der Waals surface area contributed by atoms with Crippen molar-refractivity contribution < 1.29 is 5.11 Å². The minimum Gasteiger partial charge on any atom is -0.390 e. The molecule has 1 nitrogen and oxygen atoms in total. The SMILES string of the molecule is CCCCCCCCC=CCCCCCCCC(C)(C)O. The molecule has 0 rings (SSSR count). The summed E-state index contributed by atoms with van der Waals surface area (Å²) in [7, 11) is 0. The Hall–Kier alpha value is -0.300. The lowest BCUT2D eigenvalue weighted by Gasteiger charge is -2.16. The number of rotatable bonds is 15. The molecule has 0 unspecified atom stereocenters. The van der Waals surface area contributed by atoms with E-state index in [0.29, 0.717) is 0 Å². The van der Waals surface area contributed by atoms with Gasteiger partial charge in [0, 0.05) is 0 Å². The fourth-order valence-corrected chi connectivity index (χ4v) is 2.63. The van der Waals surface area contributed by atoms with E-state index in [2.05, 4.69) is 19.1 Å². The number of unbranched alkanes of at least 4 members (excludes halogenated alkanes) is 11. The number of allylic oxidation sites excluding steroid dienone is 2. The zero-order valence-electron chi connectivity index (χ0n) is 15.0. The molecule has 21 heavy (non-hydrogen) atoms. The molecule has 0 amide bonds. The highest BCUT2D eigenvalue weighted by molar-refractivity contribution is 4.81. The third-order valence-corrected chi connectivity index (χ3v) is 4.05. The van der Waals surface area contributed by atoms with Crippen LogP contribution >= 0.6 is 0 Å². The van der Waals surface area contributed by atoms with Gasteiger partial charge < -0.3 is 5.11 Å². The van der Waals surface area contributed by atoms with Crippen molar-refractivity contribution in [1.82, 2.24) is 0 Å². The lowest BCUT2D eigenvalue weighted by Crippen LogP contribution is -2.17. The van der Waals surface area contributed by atoms with Gasteiger partial charge in [0.15, 0.2) is 0 Å². The molecular formula is C20H40O. The summed E-state index contributed by atoms with van der Waals surface area (Å²) in [5.41, 5.74) is -0.473. The molecule has 0 aliphatic heterocycles. The fourth-order valence-electron chi connectivity index (χ4n) is 2.63. The van der Waals surface area contributed by atoms with Gasteiger partial charge >= 0.3 is 0 Å². The molecule has 0 radical (unpaired) electrons. The van der Waals surface area contributed by atoms with Gasteiger partial charge in [0.25, 0.3) is 0 Å². The zero-order valence-corrected chi connectivity index (χ0v) is 15.0. The molecule has 0 bridgehead atoms. The van der Waals surface area contributed by atoms with Crippen molar-refractivity contribution >= 4 is 0 Å². The lowest BCUT2D eigenvalue weighted by atomic mass is 10.00. The zero-order chi connectivity index (χ0) is 15.8. The molecule has 0 aromatic carbocycles. The maximum absolute atomic E-state index is 9.61. The van der Waals surface area contributed by atoms with Gasteiger partial charge in [-0.1, -0.05) is 76.9 Å². The summed E-state index contributed by atoms with van der Waals surface area (Å²) in [5, 5.41) is 9.61. The Labute approximate surface area is 134 Å². The number of aliphatic hydroxyl groups is 1. The predicted molar refractivity (Wildman–Crippen MR) is 95.7 cm³/mol. The van der Waals surface area contributed by atoms with E-state index in [1.54, 1.807) is 0 Å². The van der Waals surface area contributed by atoms with E-state index in [0.717, 1.165) is 12.8 Å². The van der Waals surface area contributed by atoms with Crippen molar-refractivity contribution in [2.75, 3.05) is 0 Å². The molecular weight excluding hydrogens is 256 g/mol. The average Bonchev–Trinajstić information content (AvgIpc) is 2.42. The summed E-state index contributed by atoms with van der Waals surface area (Å²) in [5.74, 6) is 0. The second kappa shape index (κ2) is 14.6. The summed E-state index contributed by atoms with van der Waals surface area (Å²) in [6.07, 6.45) is 23.0. The van der Waals surface area contributed by atoms with Gasteiger partial charge in [0.2, 0.25) is 0 Å². The molecule has 126 valence electrons. The summed E-state index contributed by atoms with van der Waals surface area (Å²) in [6.45, 7) is 6.08. The average molecular weight is 297 g/mol. The van der Waals surface area contributed by atoms with E-state index < -0.39 is 5.60 Å². The molecule has 0 saturated heterocycles. The fraction of sp³-hybridized carbons (Fsp3) is 0.900. The highest BCUT2D eigenvalue weighted by Gasteiger charge is 2.10. The van der Waals surface area contributed by atoms with Crippen molar-refractivity contribution in [2.24, 2.45) is 0 Å². The Kier molecular flexibility index (Phi) is 14.4. The molecule has 1 N–H and O–H groups in total. The van der Waals surface area contributed by atoms with Gasteiger partial charge in [-0.3, -0.25) is 0 Å². The number of hydrogen-bond donors (Lipinski definition) is 1. The van der Waals surface area contributed by atoms with Crippen LogP contribution in [0.3, 0.4) is 0 Å². The van der Waals surface area contributed by atoms with Crippen molar-refractivity contribution in [3.8, 4) is 0 Å². The van der Waals surface area contributed by atoms with Crippen molar-refractivity contribution in [3.63, 3.8) is 0 Å². The summed E-state index contributed by atoms with van der Waals surface area (Å²) in [6, 6.07) is 0. The monoisotopic (exact) mass is 296 g/mol. The molecule has 0 aliphatic rings. The van der Waals surface area contributed by atoms with Crippen LogP contribution in [-0.2, 0) is 0 Å². The lowest BCUT2D eigenvalue weighted by molar-refractivity contribution is 0.0680. The van der Waals surface area contributed by atoms with Gasteiger partial charge in [-0.2, -0.15) is 0 Å². The van der Waals surface area contributed by atoms with Gasteiger partial charge in [-0.15, -0.1) is 0 Å². The Balaban J connectivity index is 3.12. The highest BCUT2D eigenvalue weighted by atomic mass is 16.3. The van der Waals surface area contributed by atoms with Crippen LogP contribution in [-0.4, -0.2) is 10.7 Å². The van der Waals surface area contributed by atoms with E-state index >= 15 is 0 Å². The molecule has 0 atom stereocenters. The van der Waals surface area contributed by atoms with Crippen LogP contribution in [0, 0.1) is 0 Å². The molecule has 0 fully saturated rings. The standard InChI is InChI=1S/C20H40O/c1-4-5-6-7-8-9-10-11-12-13-14-15-16-17-18-19-20(2,3)21/h11-12,21H,4-10,13-19H2,1-3H3. The van der Waals surface area contributed by atoms with E-state index in [1.807, 2.05) is 13.8 Å². The van der Waals surface area contributed by atoms with E-state index in [9.17, 15) is 5.11 Å². The van der Waals surface area contributed by atoms with Gasteiger partial charge in [-0.25, -0.2) is 0 Å². The summed E-state index contributed by atoms with van der Waals surface area (Å²) < 4.78 is 0. The minimum absolute atomic E-state index is 0.473. The molecule has 0 saturated carbocycles. The molecule has 0 aromatic heterocycles. The van der Waals surface area contributed by atoms with Crippen LogP contribution < -0.4 is 0 Å². The molecule has 0 spiro atoms. The Bertz CT molecular complexity index is 224. The molecule has 0 heterocycles. The quantitative estimate of drug-likeness (QED) is 0.260. The second-order valence-corrected chi connectivity index (χ2v) is 7.15. The van der Waals surface area contributed by atoms with Gasteiger partial charge in [0.1, 0.15) is 0 Å². The first-order valence-electron chi connectivity index (χ1n) is 9.43. The van der Waals surface area contributed by atoms with Crippen molar-refractivity contribution in [3.05, 3.63) is 12.2 Å². The first-order valence-corrected chi connectivity index (χ1v) is 9.43. The first-order chi connectivity index (χ1) is 10.1. The van der Waals surface area contributed by atoms with Crippen LogP contribution in [0.4, 0.5) is 0 Å². The summed E-state index contributed by atoms with van der Waals surface area (Å²) in [4.78, 5) is 0. The third kappa shape index (κ3) is 19.7. The van der Waals surface area contributed by atoms with Crippen LogP contribution in [0.25, 0.3) is 0 Å². The topological polar surface area (TPSA) is 20.2 Å². The Morgan fingerprint density at radius 1 is 0.667 bits per heavy atom. The maximum atomic E-state index is 9.61. The number of hydrogen-bond acceptors (Lipinski definition) is 1. The van der Waals surface area contributed by atoms with Crippen LogP contribution in [0.15, 0.2) is 12.2 Å². The van der Waals surface area contributed by atoms with Crippen LogP contribution in [0.5, 0.6) is 0 Å². The summed E-state index contributed by atoms with van der Waals surface area (Å²) >= 11 is 0. The smallest absolute Gasteiger partial charge is 0.0591 e. The maximum Gasteiger partial charge on any atom is 0.0591 e. The van der Waals surface area contributed by atoms with Crippen LogP contribution in [0.2, 0.25) is 0 Å². The van der Waals surface area contributed by atoms with E-state index in [4.69, 9.17) is 0 Å². The Morgan fingerprint density at radius 2 is 1.10 bits per heavy atom. The molecule has 0 aliphatic carbocycles. The minimum atomic E-state index is -0.473. The largest absolute Gasteiger partial charge is 0.390 e. The molecule has 1 heteroatoms. The van der Waals surface area contributed by atoms with Gasteiger partial charge in [0.05, 0.1) is 5.60 Å².